The lowest BCUT2D eigenvalue weighted by molar-refractivity contribution is -0.117. The molecule has 0 bridgehead atoms. The van der Waals surface area contributed by atoms with E-state index in [2.05, 4.69) is 15.7 Å². The minimum absolute atomic E-state index is 0.0680. The molecule has 0 radical (unpaired) electrons. The van der Waals surface area contributed by atoms with Crippen LogP contribution in [-0.2, 0) is 16.1 Å². The molecule has 160 valence electrons. The van der Waals surface area contributed by atoms with Gasteiger partial charge in [-0.1, -0.05) is 19.1 Å². The van der Waals surface area contributed by atoms with Crippen LogP contribution < -0.4 is 16.2 Å². The summed E-state index contributed by atoms with van der Waals surface area (Å²) in [5.41, 5.74) is 1.95. The lowest BCUT2D eigenvalue weighted by Crippen LogP contribution is -2.29. The number of nitrogens with one attached hydrogen (secondary N) is 2. The highest BCUT2D eigenvalue weighted by Gasteiger charge is 2.11. The van der Waals surface area contributed by atoms with Crippen molar-refractivity contribution in [2.24, 2.45) is 0 Å². The molecule has 1 aromatic heterocycles. The van der Waals surface area contributed by atoms with Crippen LogP contribution in [0.25, 0.3) is 11.3 Å². The number of nitrogens with zero attached hydrogens (tertiary/aromatic N) is 2. The molecule has 0 saturated heterocycles. The molecule has 0 unspecified atom stereocenters. The second-order valence-corrected chi connectivity index (χ2v) is 6.85. The van der Waals surface area contributed by atoms with E-state index in [4.69, 9.17) is 0 Å². The van der Waals surface area contributed by atoms with Crippen LogP contribution in [-0.4, -0.2) is 21.6 Å². The first kappa shape index (κ1) is 21.8. The fraction of sp³-hybridized carbons (Fsp3) is 0.182. The molecule has 0 saturated carbocycles. The Kier molecular flexibility index (Phi) is 6.54. The predicted octanol–water partition coefficient (Wildman–Crippen LogP) is 3.48. The molecular weight excluding hydrogens is 406 g/mol. The Morgan fingerprint density at radius 1 is 0.968 bits per heavy atom. The molecule has 0 aliphatic rings. The van der Waals surface area contributed by atoms with E-state index < -0.39 is 29.6 Å². The highest BCUT2D eigenvalue weighted by molar-refractivity contribution is 5.92. The van der Waals surface area contributed by atoms with Gasteiger partial charge in [-0.15, -0.1) is 0 Å². The average Bonchev–Trinajstić information content (AvgIpc) is 2.70. The number of carbonyl (C=O) groups is 2. The van der Waals surface area contributed by atoms with Gasteiger partial charge in [-0.25, -0.2) is 13.5 Å². The number of anilines is 2. The van der Waals surface area contributed by atoms with Gasteiger partial charge in [0.05, 0.1) is 5.69 Å². The number of aryl methyl sites for hydroxylation is 1. The van der Waals surface area contributed by atoms with Crippen LogP contribution in [0.3, 0.4) is 0 Å². The highest BCUT2D eigenvalue weighted by Crippen LogP contribution is 2.23. The Labute approximate surface area is 176 Å². The second kappa shape index (κ2) is 9.29. The number of amides is 2. The van der Waals surface area contributed by atoms with E-state index >= 15 is 0 Å². The molecule has 1 heterocycles. The molecule has 2 amide bonds. The van der Waals surface area contributed by atoms with E-state index in [0.29, 0.717) is 29.4 Å². The first-order valence-corrected chi connectivity index (χ1v) is 9.50. The third kappa shape index (κ3) is 5.59. The second-order valence-electron chi connectivity index (χ2n) is 6.85. The topological polar surface area (TPSA) is 93.1 Å². The Morgan fingerprint density at radius 3 is 2.35 bits per heavy atom. The third-order valence-corrected chi connectivity index (χ3v) is 4.43. The molecule has 3 aromatic rings. The van der Waals surface area contributed by atoms with Crippen LogP contribution in [0.5, 0.6) is 0 Å². The van der Waals surface area contributed by atoms with E-state index in [9.17, 15) is 23.2 Å². The van der Waals surface area contributed by atoms with Gasteiger partial charge in [0.25, 0.3) is 5.56 Å². The molecular formula is C22H20F2N4O3. The van der Waals surface area contributed by atoms with Crippen molar-refractivity contribution >= 4 is 23.2 Å². The molecule has 7 nitrogen and oxygen atoms in total. The van der Waals surface area contributed by atoms with Gasteiger partial charge in [0.1, 0.15) is 18.2 Å². The summed E-state index contributed by atoms with van der Waals surface area (Å²) in [5, 5.41) is 9.35. The van der Waals surface area contributed by atoms with Crippen molar-refractivity contribution < 1.29 is 18.4 Å². The average molecular weight is 426 g/mol. The SMILES string of the molecule is CCC(=O)Nc1cc(-c2ccc(=O)n(CC(=O)Nc3cc(F)cc(F)c3)n2)ccc1C. The maximum Gasteiger partial charge on any atom is 0.267 e. The van der Waals surface area contributed by atoms with E-state index in [-0.39, 0.29) is 11.6 Å². The van der Waals surface area contributed by atoms with Crippen molar-refractivity contribution in [1.82, 2.24) is 9.78 Å². The number of halogens is 2. The summed E-state index contributed by atoms with van der Waals surface area (Å²) in [6.07, 6.45) is 0.330. The monoisotopic (exact) mass is 426 g/mol. The molecule has 0 aliphatic heterocycles. The Hall–Kier alpha value is -3.88. The molecule has 0 spiro atoms. The van der Waals surface area contributed by atoms with E-state index in [1.807, 2.05) is 13.0 Å². The van der Waals surface area contributed by atoms with Gasteiger partial charge < -0.3 is 10.6 Å². The third-order valence-electron chi connectivity index (χ3n) is 4.43. The molecule has 0 atom stereocenters. The summed E-state index contributed by atoms with van der Waals surface area (Å²) in [6.45, 7) is 3.15. The zero-order valence-corrected chi connectivity index (χ0v) is 16.9. The molecule has 2 aromatic carbocycles. The van der Waals surface area contributed by atoms with E-state index in [0.717, 1.165) is 22.4 Å². The van der Waals surface area contributed by atoms with Crippen molar-refractivity contribution in [3.8, 4) is 11.3 Å². The summed E-state index contributed by atoms with van der Waals surface area (Å²) in [5.74, 6) is -2.48. The zero-order chi connectivity index (χ0) is 22.5. The summed E-state index contributed by atoms with van der Waals surface area (Å²) in [6, 6.07) is 10.7. The standard InChI is InChI=1S/C22H20F2N4O3/c1-3-20(29)26-19-8-14(5-4-13(19)2)18-6-7-22(31)28(27-18)12-21(30)25-17-10-15(23)9-16(24)11-17/h4-11H,3,12H2,1-2H3,(H,25,30)(H,26,29). The number of benzene rings is 2. The van der Waals surface area contributed by atoms with Crippen LogP contribution in [0.2, 0.25) is 0 Å². The van der Waals surface area contributed by atoms with Gasteiger partial charge in [0.15, 0.2) is 0 Å². The summed E-state index contributed by atoms with van der Waals surface area (Å²) in [4.78, 5) is 36.1. The first-order valence-electron chi connectivity index (χ1n) is 9.50. The van der Waals surface area contributed by atoms with Gasteiger partial charge in [-0.2, -0.15) is 5.10 Å². The number of hydrogen-bond acceptors (Lipinski definition) is 4. The van der Waals surface area contributed by atoms with E-state index in [1.165, 1.54) is 12.1 Å². The molecule has 0 fully saturated rings. The normalized spacial score (nSPS) is 10.6. The fourth-order valence-electron chi connectivity index (χ4n) is 2.83. The van der Waals surface area contributed by atoms with Crippen LogP contribution in [0.4, 0.5) is 20.2 Å². The highest BCUT2D eigenvalue weighted by atomic mass is 19.1. The van der Waals surface area contributed by atoms with Crippen LogP contribution in [0.1, 0.15) is 18.9 Å². The number of hydrogen-bond donors (Lipinski definition) is 2. The van der Waals surface area contributed by atoms with Crippen molar-refractivity contribution in [3.63, 3.8) is 0 Å². The van der Waals surface area contributed by atoms with Crippen molar-refractivity contribution in [2.75, 3.05) is 10.6 Å². The Balaban J connectivity index is 1.83. The van der Waals surface area contributed by atoms with Gasteiger partial charge in [-0.3, -0.25) is 14.4 Å². The summed E-state index contributed by atoms with van der Waals surface area (Å²) < 4.78 is 27.5. The van der Waals surface area contributed by atoms with E-state index in [1.54, 1.807) is 19.1 Å². The van der Waals surface area contributed by atoms with Crippen LogP contribution in [0.15, 0.2) is 53.3 Å². The quantitative estimate of drug-likeness (QED) is 0.631. The predicted molar refractivity (Wildman–Crippen MR) is 113 cm³/mol. The maximum absolute atomic E-state index is 13.3. The number of aromatic nitrogens is 2. The number of rotatable bonds is 6. The number of carbonyl (C=O) groups excluding carboxylic acids is 2. The fourth-order valence-corrected chi connectivity index (χ4v) is 2.83. The van der Waals surface area contributed by atoms with Crippen LogP contribution in [0, 0.1) is 18.6 Å². The van der Waals surface area contributed by atoms with Gasteiger partial charge >= 0.3 is 0 Å². The first-order chi connectivity index (χ1) is 14.7. The van der Waals surface area contributed by atoms with Crippen molar-refractivity contribution in [3.05, 3.63) is 76.1 Å². The summed E-state index contributed by atoms with van der Waals surface area (Å²) >= 11 is 0. The molecule has 3 rings (SSSR count). The lowest BCUT2D eigenvalue weighted by Gasteiger charge is -2.11. The summed E-state index contributed by atoms with van der Waals surface area (Å²) in [7, 11) is 0. The van der Waals surface area contributed by atoms with Gasteiger partial charge in [-0.05, 0) is 36.8 Å². The minimum atomic E-state index is -0.835. The molecule has 0 aliphatic carbocycles. The lowest BCUT2D eigenvalue weighted by atomic mass is 10.1. The largest absolute Gasteiger partial charge is 0.326 e. The van der Waals surface area contributed by atoms with Gasteiger partial charge in [0, 0.05) is 35.5 Å². The Morgan fingerprint density at radius 2 is 1.68 bits per heavy atom. The maximum atomic E-state index is 13.3. The van der Waals surface area contributed by atoms with Crippen molar-refractivity contribution in [2.45, 2.75) is 26.8 Å². The van der Waals surface area contributed by atoms with Crippen molar-refractivity contribution in [1.29, 1.82) is 0 Å². The zero-order valence-electron chi connectivity index (χ0n) is 16.9. The smallest absolute Gasteiger partial charge is 0.267 e. The molecule has 9 heteroatoms. The van der Waals surface area contributed by atoms with Crippen LogP contribution >= 0.6 is 0 Å². The molecule has 2 N–H and O–H groups in total. The molecule has 31 heavy (non-hydrogen) atoms. The minimum Gasteiger partial charge on any atom is -0.326 e. The Bertz CT molecular complexity index is 1190. The van der Waals surface area contributed by atoms with Gasteiger partial charge in [0.2, 0.25) is 11.8 Å².